The molecule has 1 radical (unpaired) electrons. The van der Waals surface area contributed by atoms with Crippen molar-refractivity contribution >= 4 is 17.7 Å². The standard InChI is InChI=1S/C8H11N4OS/c1-11-4-7-9-8(14)3-6(5-13-2)12(7)10-11/h3-4,10H,5H2,1-2H3. The van der Waals surface area contributed by atoms with E-state index in [1.165, 1.54) is 0 Å². The minimum Gasteiger partial charge on any atom is -0.378 e. The molecule has 2 aliphatic heterocycles. The molecule has 14 heavy (non-hydrogen) atoms. The summed E-state index contributed by atoms with van der Waals surface area (Å²) < 4.78 is 5.08. The highest BCUT2D eigenvalue weighted by molar-refractivity contribution is 7.97. The first-order chi connectivity index (χ1) is 6.70. The van der Waals surface area contributed by atoms with Crippen molar-refractivity contribution in [3.63, 3.8) is 0 Å². The second-order valence-electron chi connectivity index (χ2n) is 3.05. The Kier molecular flexibility index (Phi) is 2.40. The Labute approximate surface area is 88.1 Å². The molecule has 2 heterocycles. The van der Waals surface area contributed by atoms with Crippen LogP contribution in [0, 0.1) is 0 Å². The fraction of sp³-hybridized carbons (Fsp3) is 0.375. The van der Waals surface area contributed by atoms with Gasteiger partial charge in [-0.15, -0.1) is 5.53 Å². The summed E-state index contributed by atoms with van der Waals surface area (Å²) in [6.07, 6.45) is 3.69. The molecule has 0 amide bonds. The molecule has 0 saturated heterocycles. The van der Waals surface area contributed by atoms with Gasteiger partial charge in [-0.3, -0.25) is 5.01 Å². The van der Waals surface area contributed by atoms with Gasteiger partial charge in [-0.25, -0.2) is 10.0 Å². The van der Waals surface area contributed by atoms with Crippen LogP contribution in [0.4, 0.5) is 0 Å². The maximum Gasteiger partial charge on any atom is 0.168 e. The number of fused-ring (bicyclic) bond motifs is 1. The molecule has 0 unspecified atom stereocenters. The van der Waals surface area contributed by atoms with Gasteiger partial charge in [0.05, 0.1) is 18.5 Å². The highest BCUT2D eigenvalue weighted by Gasteiger charge is 2.25. The minimum absolute atomic E-state index is 0.508. The molecule has 2 aliphatic rings. The summed E-state index contributed by atoms with van der Waals surface area (Å²) in [5.41, 5.74) is 4.04. The number of hydrogen-bond donors (Lipinski definition) is 1. The van der Waals surface area contributed by atoms with E-state index in [4.69, 9.17) is 17.4 Å². The zero-order valence-electron chi connectivity index (χ0n) is 8.02. The zero-order valence-corrected chi connectivity index (χ0v) is 8.84. The molecular formula is C8H11N4OS. The molecule has 0 aromatic heterocycles. The first kappa shape index (κ1) is 9.45. The smallest absolute Gasteiger partial charge is 0.168 e. The quantitative estimate of drug-likeness (QED) is 0.726. The Hall–Kier alpha value is -1.11. The SMILES string of the molecule is COCC1=CC([S])=NC2=CN(C)NN12. The highest BCUT2D eigenvalue weighted by Crippen LogP contribution is 2.22. The van der Waals surface area contributed by atoms with Gasteiger partial charge in [0.15, 0.2) is 5.82 Å². The Morgan fingerprint density at radius 3 is 3.14 bits per heavy atom. The molecule has 6 heteroatoms. The first-order valence-corrected chi connectivity index (χ1v) is 4.58. The van der Waals surface area contributed by atoms with Crippen LogP contribution >= 0.6 is 12.6 Å². The molecule has 0 bridgehead atoms. The van der Waals surface area contributed by atoms with Crippen LogP contribution in [0.2, 0.25) is 0 Å². The lowest BCUT2D eigenvalue weighted by molar-refractivity contribution is 0.142. The van der Waals surface area contributed by atoms with Crippen molar-refractivity contribution in [3.8, 4) is 0 Å². The summed E-state index contributed by atoms with van der Waals surface area (Å²) in [5.74, 6) is 0.798. The van der Waals surface area contributed by atoms with E-state index in [1.54, 1.807) is 7.11 Å². The molecule has 0 aliphatic carbocycles. The zero-order chi connectivity index (χ0) is 10.1. The van der Waals surface area contributed by atoms with E-state index in [0.717, 1.165) is 11.5 Å². The molecule has 0 saturated carbocycles. The number of hydrazine groups is 2. The van der Waals surface area contributed by atoms with Crippen LogP contribution in [0.3, 0.4) is 0 Å². The molecule has 0 spiro atoms. The summed E-state index contributed by atoms with van der Waals surface area (Å²) in [4.78, 5) is 4.21. The lowest BCUT2D eigenvalue weighted by Crippen LogP contribution is -2.40. The van der Waals surface area contributed by atoms with E-state index < -0.39 is 0 Å². The van der Waals surface area contributed by atoms with E-state index >= 15 is 0 Å². The van der Waals surface area contributed by atoms with Crippen molar-refractivity contribution in [3.05, 3.63) is 23.8 Å². The van der Waals surface area contributed by atoms with Crippen LogP contribution in [0.5, 0.6) is 0 Å². The highest BCUT2D eigenvalue weighted by atomic mass is 32.1. The second kappa shape index (κ2) is 3.56. The molecule has 75 valence electrons. The van der Waals surface area contributed by atoms with Crippen molar-refractivity contribution in [1.29, 1.82) is 0 Å². The van der Waals surface area contributed by atoms with Gasteiger partial charge in [-0.1, -0.05) is 12.6 Å². The van der Waals surface area contributed by atoms with Crippen molar-refractivity contribution in [2.75, 3.05) is 20.8 Å². The average Bonchev–Trinajstić information content (AvgIpc) is 2.45. The number of nitrogens with zero attached hydrogens (tertiary/aromatic N) is 3. The summed E-state index contributed by atoms with van der Waals surface area (Å²) >= 11 is 5.05. The molecule has 2 rings (SSSR count). The van der Waals surface area contributed by atoms with E-state index in [9.17, 15) is 0 Å². The number of ether oxygens (including phenoxy) is 1. The van der Waals surface area contributed by atoms with Crippen LogP contribution in [0.15, 0.2) is 28.8 Å². The molecule has 0 aromatic rings. The largest absolute Gasteiger partial charge is 0.378 e. The summed E-state index contributed by atoms with van der Waals surface area (Å²) in [6, 6.07) is 0. The third kappa shape index (κ3) is 1.59. The van der Waals surface area contributed by atoms with Crippen LogP contribution < -0.4 is 5.53 Å². The predicted octanol–water partition coefficient (Wildman–Crippen LogP) is 0.592. The Morgan fingerprint density at radius 1 is 1.64 bits per heavy atom. The number of rotatable bonds is 2. The lowest BCUT2D eigenvalue weighted by Gasteiger charge is -2.25. The predicted molar refractivity (Wildman–Crippen MR) is 55.8 cm³/mol. The van der Waals surface area contributed by atoms with Crippen LogP contribution in [-0.4, -0.2) is 35.8 Å². The number of aliphatic imine (C=N–C) groups is 1. The third-order valence-electron chi connectivity index (χ3n) is 1.89. The van der Waals surface area contributed by atoms with E-state index in [1.807, 2.05) is 29.3 Å². The van der Waals surface area contributed by atoms with Crippen molar-refractivity contribution in [2.45, 2.75) is 0 Å². The van der Waals surface area contributed by atoms with Crippen molar-refractivity contribution < 1.29 is 4.74 Å². The molecule has 1 N–H and O–H groups in total. The van der Waals surface area contributed by atoms with Gasteiger partial charge in [0.2, 0.25) is 0 Å². The fourth-order valence-electron chi connectivity index (χ4n) is 1.37. The second-order valence-corrected chi connectivity index (χ2v) is 3.47. The molecular weight excluding hydrogens is 200 g/mol. The van der Waals surface area contributed by atoms with Crippen molar-refractivity contribution in [1.82, 2.24) is 15.6 Å². The maximum absolute atomic E-state index is 5.08. The normalized spacial score (nSPS) is 20.3. The van der Waals surface area contributed by atoms with Gasteiger partial charge in [-0.05, 0) is 6.08 Å². The van der Waals surface area contributed by atoms with E-state index in [-0.39, 0.29) is 0 Å². The minimum atomic E-state index is 0.508. The number of methoxy groups -OCH3 is 1. The maximum atomic E-state index is 5.08. The van der Waals surface area contributed by atoms with Crippen LogP contribution in [-0.2, 0) is 4.74 Å². The van der Waals surface area contributed by atoms with Gasteiger partial charge in [-0.2, -0.15) is 0 Å². The van der Waals surface area contributed by atoms with Gasteiger partial charge in [0.1, 0.15) is 5.04 Å². The fourth-order valence-corrected chi connectivity index (χ4v) is 1.59. The van der Waals surface area contributed by atoms with Crippen LogP contribution in [0.25, 0.3) is 0 Å². The van der Waals surface area contributed by atoms with Gasteiger partial charge in [0, 0.05) is 14.2 Å². The molecule has 0 atom stereocenters. The summed E-state index contributed by atoms with van der Waals surface area (Å²) in [6.45, 7) is 0.508. The number of hydrogen-bond acceptors (Lipinski definition) is 5. The van der Waals surface area contributed by atoms with Crippen molar-refractivity contribution in [2.24, 2.45) is 4.99 Å². The van der Waals surface area contributed by atoms with Gasteiger partial charge >= 0.3 is 0 Å². The number of nitrogens with one attached hydrogen (secondary N) is 1. The molecule has 0 aromatic carbocycles. The van der Waals surface area contributed by atoms with E-state index in [0.29, 0.717) is 11.7 Å². The molecule has 5 nitrogen and oxygen atoms in total. The lowest BCUT2D eigenvalue weighted by atomic mass is 10.3. The van der Waals surface area contributed by atoms with Gasteiger partial charge in [0.25, 0.3) is 0 Å². The first-order valence-electron chi connectivity index (χ1n) is 4.17. The Balaban J connectivity index is 2.27. The average molecular weight is 211 g/mol. The summed E-state index contributed by atoms with van der Waals surface area (Å²) in [5, 5.41) is 4.24. The Morgan fingerprint density at radius 2 is 2.43 bits per heavy atom. The monoisotopic (exact) mass is 211 g/mol. The Bertz CT molecular complexity index is 336. The topological polar surface area (TPSA) is 40.1 Å². The van der Waals surface area contributed by atoms with E-state index in [2.05, 4.69) is 10.5 Å². The van der Waals surface area contributed by atoms with Crippen LogP contribution in [0.1, 0.15) is 0 Å². The summed E-state index contributed by atoms with van der Waals surface area (Å²) in [7, 11) is 3.55. The molecule has 0 fully saturated rings. The third-order valence-corrected chi connectivity index (χ3v) is 2.10. The van der Waals surface area contributed by atoms with Gasteiger partial charge < -0.3 is 4.74 Å².